The fourth-order valence-electron chi connectivity index (χ4n) is 1.82. The topological polar surface area (TPSA) is 68.1 Å². The maximum atomic E-state index is 11.9. The molecule has 3 rings (SSSR count). The zero-order valence-electron chi connectivity index (χ0n) is 10.6. The van der Waals surface area contributed by atoms with Gasteiger partial charge in [-0.25, -0.2) is 4.98 Å². The molecular weight excluding hydrogens is 256 g/mol. The number of H-pyrrole nitrogens is 1. The summed E-state index contributed by atoms with van der Waals surface area (Å²) < 4.78 is 11.0. The van der Waals surface area contributed by atoms with Gasteiger partial charge in [0.25, 0.3) is 0 Å². The van der Waals surface area contributed by atoms with E-state index in [1.54, 1.807) is 12.4 Å². The van der Waals surface area contributed by atoms with Crippen molar-refractivity contribution in [3.63, 3.8) is 0 Å². The Bertz CT molecular complexity index is 733. The van der Waals surface area contributed by atoms with Crippen molar-refractivity contribution < 1.29 is 9.15 Å². The molecule has 2 aromatic heterocycles. The average Bonchev–Trinajstić information content (AvgIpc) is 3.01. The Kier molecular flexibility index (Phi) is 3.33. The maximum absolute atomic E-state index is 11.9. The summed E-state index contributed by atoms with van der Waals surface area (Å²) in [6, 6.07) is 10.9. The van der Waals surface area contributed by atoms with Crippen molar-refractivity contribution >= 4 is 0 Å². The molecule has 0 saturated carbocycles. The lowest BCUT2D eigenvalue weighted by atomic mass is 10.2. The van der Waals surface area contributed by atoms with Crippen molar-refractivity contribution in [2.75, 3.05) is 0 Å². The number of hydrogen-bond acceptors (Lipinski definition) is 4. The lowest BCUT2D eigenvalue weighted by Gasteiger charge is -2.08. The number of hydrogen-bond donors (Lipinski definition) is 1. The van der Waals surface area contributed by atoms with Gasteiger partial charge in [-0.05, 0) is 5.56 Å². The molecule has 0 aliphatic carbocycles. The van der Waals surface area contributed by atoms with Crippen LogP contribution in [0.15, 0.2) is 64.3 Å². The van der Waals surface area contributed by atoms with Crippen molar-refractivity contribution in [1.82, 2.24) is 9.97 Å². The van der Waals surface area contributed by atoms with Gasteiger partial charge in [0, 0.05) is 18.5 Å². The van der Waals surface area contributed by atoms with E-state index >= 15 is 0 Å². The zero-order valence-corrected chi connectivity index (χ0v) is 10.6. The van der Waals surface area contributed by atoms with Crippen LogP contribution < -0.4 is 10.2 Å². The molecule has 2 heterocycles. The molecule has 100 valence electrons. The number of nitrogens with one attached hydrogen (secondary N) is 1. The fourth-order valence-corrected chi connectivity index (χ4v) is 1.82. The molecule has 0 saturated heterocycles. The smallest absolute Gasteiger partial charge is 0.227 e. The highest BCUT2D eigenvalue weighted by atomic mass is 16.5. The van der Waals surface area contributed by atoms with Gasteiger partial charge in [-0.3, -0.25) is 4.79 Å². The van der Waals surface area contributed by atoms with Crippen LogP contribution in [0.4, 0.5) is 0 Å². The lowest BCUT2D eigenvalue weighted by Crippen LogP contribution is -2.08. The summed E-state index contributed by atoms with van der Waals surface area (Å²) in [6.45, 7) is 0.295. The van der Waals surface area contributed by atoms with Gasteiger partial charge in [-0.2, -0.15) is 0 Å². The van der Waals surface area contributed by atoms with E-state index in [2.05, 4.69) is 9.97 Å². The van der Waals surface area contributed by atoms with E-state index in [4.69, 9.17) is 9.15 Å². The van der Waals surface area contributed by atoms with Crippen LogP contribution in [0.1, 0.15) is 5.56 Å². The van der Waals surface area contributed by atoms with E-state index in [0.717, 1.165) is 5.56 Å². The van der Waals surface area contributed by atoms with E-state index in [1.165, 1.54) is 12.3 Å². The Hall–Kier alpha value is -2.82. The summed E-state index contributed by atoms with van der Waals surface area (Å²) in [5.74, 6) is 0.926. The van der Waals surface area contributed by atoms with Crippen molar-refractivity contribution in [1.29, 1.82) is 0 Å². The number of ether oxygens (including phenoxy) is 1. The molecule has 1 N–H and O–H groups in total. The van der Waals surface area contributed by atoms with Crippen molar-refractivity contribution in [3.8, 4) is 17.3 Å². The first-order valence-corrected chi connectivity index (χ1v) is 6.13. The third-order valence-corrected chi connectivity index (χ3v) is 2.77. The van der Waals surface area contributed by atoms with Crippen molar-refractivity contribution in [3.05, 3.63) is 70.8 Å². The molecule has 0 unspecified atom stereocenters. The standard InChI is InChI=1S/C15H12N2O3/c18-12-6-9-19-14(15-16-7-8-17-15)13(12)20-10-11-4-2-1-3-5-11/h1-9H,10H2,(H,16,17). The zero-order chi connectivity index (χ0) is 13.8. The van der Waals surface area contributed by atoms with Crippen molar-refractivity contribution in [2.24, 2.45) is 0 Å². The minimum atomic E-state index is -0.237. The predicted molar refractivity (Wildman–Crippen MR) is 73.3 cm³/mol. The molecular formula is C15H12N2O3. The summed E-state index contributed by atoms with van der Waals surface area (Å²) in [4.78, 5) is 18.9. The molecule has 3 aromatic rings. The molecule has 5 nitrogen and oxygen atoms in total. The highest BCUT2D eigenvalue weighted by Crippen LogP contribution is 2.24. The Morgan fingerprint density at radius 1 is 1.20 bits per heavy atom. The second-order valence-electron chi connectivity index (χ2n) is 4.16. The lowest BCUT2D eigenvalue weighted by molar-refractivity contribution is 0.295. The Morgan fingerprint density at radius 3 is 2.80 bits per heavy atom. The highest BCUT2D eigenvalue weighted by molar-refractivity contribution is 5.55. The van der Waals surface area contributed by atoms with Crippen LogP contribution in [0, 0.1) is 0 Å². The maximum Gasteiger partial charge on any atom is 0.227 e. The summed E-state index contributed by atoms with van der Waals surface area (Å²) in [5, 5.41) is 0. The number of benzene rings is 1. The Balaban J connectivity index is 1.91. The van der Waals surface area contributed by atoms with Crippen molar-refractivity contribution in [2.45, 2.75) is 6.61 Å². The SMILES string of the molecule is O=c1ccoc(-c2ncc[nH]2)c1OCc1ccccc1. The summed E-state index contributed by atoms with van der Waals surface area (Å²) in [7, 11) is 0. The number of aromatic amines is 1. The number of nitrogens with zero attached hydrogens (tertiary/aromatic N) is 1. The number of rotatable bonds is 4. The van der Waals surface area contributed by atoms with Gasteiger partial charge in [0.1, 0.15) is 6.61 Å². The summed E-state index contributed by atoms with van der Waals surface area (Å²) in [6.07, 6.45) is 4.57. The largest absolute Gasteiger partial charge is 0.481 e. The molecule has 0 aliphatic heterocycles. The minimum Gasteiger partial charge on any atom is -0.481 e. The van der Waals surface area contributed by atoms with E-state index in [1.807, 2.05) is 30.3 Å². The first-order chi connectivity index (χ1) is 9.84. The van der Waals surface area contributed by atoms with E-state index in [-0.39, 0.29) is 11.2 Å². The Labute approximate surface area is 114 Å². The molecule has 0 aliphatic rings. The van der Waals surface area contributed by atoms with Crippen LogP contribution in [0.3, 0.4) is 0 Å². The third-order valence-electron chi connectivity index (χ3n) is 2.77. The van der Waals surface area contributed by atoms with Crippen LogP contribution in [0.25, 0.3) is 11.6 Å². The first kappa shape index (κ1) is 12.2. The molecule has 0 atom stereocenters. The second-order valence-corrected chi connectivity index (χ2v) is 4.16. The molecule has 0 bridgehead atoms. The third kappa shape index (κ3) is 2.47. The van der Waals surface area contributed by atoms with Crippen LogP contribution in [-0.2, 0) is 6.61 Å². The normalized spacial score (nSPS) is 10.4. The first-order valence-electron chi connectivity index (χ1n) is 6.13. The molecule has 0 radical (unpaired) electrons. The van der Waals surface area contributed by atoms with Gasteiger partial charge in [-0.15, -0.1) is 0 Å². The summed E-state index contributed by atoms with van der Waals surface area (Å²) in [5.41, 5.74) is 0.736. The molecule has 5 heteroatoms. The highest BCUT2D eigenvalue weighted by Gasteiger charge is 2.15. The van der Waals surface area contributed by atoms with Gasteiger partial charge >= 0.3 is 0 Å². The van der Waals surface area contributed by atoms with Crippen LogP contribution in [0.5, 0.6) is 5.75 Å². The monoisotopic (exact) mass is 268 g/mol. The van der Waals surface area contributed by atoms with Gasteiger partial charge in [0.15, 0.2) is 5.82 Å². The van der Waals surface area contributed by atoms with Gasteiger partial charge in [0.2, 0.25) is 16.9 Å². The van der Waals surface area contributed by atoms with E-state index in [0.29, 0.717) is 18.2 Å². The molecule has 1 aromatic carbocycles. The number of imidazole rings is 1. The summed E-state index contributed by atoms with van der Waals surface area (Å²) >= 11 is 0. The van der Waals surface area contributed by atoms with E-state index < -0.39 is 0 Å². The second kappa shape index (κ2) is 5.44. The number of aromatic nitrogens is 2. The minimum absolute atomic E-state index is 0.159. The predicted octanol–water partition coefficient (Wildman–Crippen LogP) is 2.61. The van der Waals surface area contributed by atoms with Gasteiger partial charge in [-0.1, -0.05) is 30.3 Å². The Morgan fingerprint density at radius 2 is 2.05 bits per heavy atom. The quantitative estimate of drug-likeness (QED) is 0.789. The molecule has 0 spiro atoms. The fraction of sp³-hybridized carbons (Fsp3) is 0.0667. The van der Waals surface area contributed by atoms with Gasteiger partial charge < -0.3 is 14.1 Å². The average molecular weight is 268 g/mol. The van der Waals surface area contributed by atoms with Crippen LogP contribution in [0.2, 0.25) is 0 Å². The van der Waals surface area contributed by atoms with E-state index in [9.17, 15) is 4.79 Å². The molecule has 20 heavy (non-hydrogen) atoms. The molecule has 0 amide bonds. The van der Waals surface area contributed by atoms with Crippen LogP contribution >= 0.6 is 0 Å². The van der Waals surface area contributed by atoms with Crippen LogP contribution in [-0.4, -0.2) is 9.97 Å². The van der Waals surface area contributed by atoms with Gasteiger partial charge in [0.05, 0.1) is 6.26 Å². The molecule has 0 fully saturated rings.